The lowest BCUT2D eigenvalue weighted by Crippen LogP contribution is -2.62. The van der Waals surface area contributed by atoms with Gasteiger partial charge in [-0.25, -0.2) is 4.79 Å². The number of nitrogens with one attached hydrogen (secondary N) is 1. The van der Waals surface area contributed by atoms with Crippen LogP contribution in [0.25, 0.3) is 0 Å². The molecule has 33 heavy (non-hydrogen) atoms. The van der Waals surface area contributed by atoms with E-state index in [-0.39, 0.29) is 24.0 Å². The number of aromatic nitrogens is 1. The van der Waals surface area contributed by atoms with Crippen LogP contribution in [-0.4, -0.2) is 51.5 Å². The maximum Gasteiger partial charge on any atom is 0.318 e. The van der Waals surface area contributed by atoms with Gasteiger partial charge in [0.05, 0.1) is 6.54 Å². The van der Waals surface area contributed by atoms with E-state index >= 15 is 0 Å². The minimum atomic E-state index is -0.0395. The van der Waals surface area contributed by atoms with Crippen molar-refractivity contribution in [2.75, 3.05) is 19.6 Å². The first-order chi connectivity index (χ1) is 15.6. The van der Waals surface area contributed by atoms with E-state index in [4.69, 9.17) is 0 Å². The summed E-state index contributed by atoms with van der Waals surface area (Å²) >= 11 is 0. The molecule has 1 aromatic heterocycles. The summed E-state index contributed by atoms with van der Waals surface area (Å²) in [6.07, 6.45) is 9.45. The first-order valence-corrected chi connectivity index (χ1v) is 13.1. The second kappa shape index (κ2) is 9.71. The minimum Gasteiger partial charge on any atom is -0.353 e. The van der Waals surface area contributed by atoms with E-state index in [1.807, 2.05) is 24.2 Å². The van der Waals surface area contributed by atoms with Gasteiger partial charge in [0.15, 0.2) is 0 Å². The number of urea groups is 1. The van der Waals surface area contributed by atoms with Crippen molar-refractivity contribution >= 4 is 11.9 Å². The van der Waals surface area contributed by atoms with Crippen molar-refractivity contribution in [3.05, 3.63) is 24.0 Å². The van der Waals surface area contributed by atoms with Crippen LogP contribution in [0, 0.1) is 29.6 Å². The quantitative estimate of drug-likeness (QED) is 0.588. The molecular formula is C27H44N4O2. The van der Waals surface area contributed by atoms with Crippen molar-refractivity contribution in [1.82, 2.24) is 19.7 Å². The molecule has 4 aliphatic rings. The zero-order chi connectivity index (χ0) is 23.8. The van der Waals surface area contributed by atoms with E-state index in [1.54, 1.807) is 4.90 Å². The number of carbonyl (C=O) groups excluding carboxylic acids is 2. The Bertz CT molecular complexity index is 808. The number of nitrogens with zero attached hydrogens (tertiary/aromatic N) is 3. The highest BCUT2D eigenvalue weighted by molar-refractivity contribution is 5.84. The third-order valence-electron chi connectivity index (χ3n) is 7.95. The lowest BCUT2D eigenvalue weighted by atomic mass is 9.53. The van der Waals surface area contributed by atoms with E-state index in [9.17, 15) is 9.59 Å². The summed E-state index contributed by atoms with van der Waals surface area (Å²) in [5.74, 6) is 3.06. The van der Waals surface area contributed by atoms with Crippen LogP contribution in [0.5, 0.6) is 0 Å². The minimum absolute atomic E-state index is 0.0335. The highest BCUT2D eigenvalue weighted by Crippen LogP contribution is 2.55. The van der Waals surface area contributed by atoms with Gasteiger partial charge in [0.2, 0.25) is 5.91 Å². The highest BCUT2D eigenvalue weighted by atomic mass is 16.2. The lowest BCUT2D eigenvalue weighted by Gasteiger charge is -2.57. The fourth-order valence-corrected chi connectivity index (χ4v) is 7.04. The third kappa shape index (κ3) is 5.75. The molecule has 0 radical (unpaired) electrons. The summed E-state index contributed by atoms with van der Waals surface area (Å²) < 4.78 is 2.06. The molecule has 0 atom stereocenters. The predicted molar refractivity (Wildman–Crippen MR) is 132 cm³/mol. The standard InChI is InChI=1S/C27H44N4O2/c1-19(2)15-30(17-24-7-6-8-29(24)5)25(32)18-31(16-20(3)4)26(33)28-27-12-21-9-22(13-27)11-23(10-21)14-27/h6-8,19-23H,9-18H2,1-5H3,(H,28,33). The SMILES string of the molecule is CC(C)CN(Cc1cccn1C)C(=O)CN(CC(C)C)C(=O)NC12CC3CC(CC(C3)C1)C2. The fraction of sp³-hybridized carbons (Fsp3) is 0.778. The van der Waals surface area contributed by atoms with Crippen molar-refractivity contribution in [3.63, 3.8) is 0 Å². The van der Waals surface area contributed by atoms with Crippen molar-refractivity contribution in [3.8, 4) is 0 Å². The van der Waals surface area contributed by atoms with E-state index in [1.165, 1.54) is 19.3 Å². The third-order valence-corrected chi connectivity index (χ3v) is 7.95. The van der Waals surface area contributed by atoms with E-state index in [2.05, 4.69) is 43.6 Å². The van der Waals surface area contributed by atoms with E-state index < -0.39 is 0 Å². The van der Waals surface area contributed by atoms with Crippen molar-refractivity contribution in [1.29, 1.82) is 0 Å². The number of amides is 3. The van der Waals surface area contributed by atoms with Crippen LogP contribution in [0.4, 0.5) is 4.79 Å². The monoisotopic (exact) mass is 456 g/mol. The van der Waals surface area contributed by atoms with Crippen molar-refractivity contribution in [2.45, 2.75) is 78.3 Å². The summed E-state index contributed by atoms with van der Waals surface area (Å²) in [5.41, 5.74) is 1.07. The lowest BCUT2D eigenvalue weighted by molar-refractivity contribution is -0.133. The van der Waals surface area contributed by atoms with Crippen LogP contribution in [0.1, 0.15) is 71.9 Å². The van der Waals surface area contributed by atoms with Gasteiger partial charge in [-0.05, 0) is 80.2 Å². The molecule has 0 saturated heterocycles. The highest BCUT2D eigenvalue weighted by Gasteiger charge is 2.51. The molecule has 1 aromatic rings. The summed E-state index contributed by atoms with van der Waals surface area (Å²) in [6, 6.07) is 4.03. The Kier molecular flexibility index (Phi) is 7.11. The Morgan fingerprint density at radius 1 is 1.00 bits per heavy atom. The van der Waals surface area contributed by atoms with Gasteiger partial charge >= 0.3 is 6.03 Å². The molecule has 4 bridgehead atoms. The molecule has 4 saturated carbocycles. The van der Waals surface area contributed by atoms with E-state index in [0.717, 1.165) is 42.7 Å². The van der Waals surface area contributed by atoms with Gasteiger partial charge in [-0.2, -0.15) is 0 Å². The molecule has 1 heterocycles. The Hall–Kier alpha value is -1.98. The summed E-state index contributed by atoms with van der Waals surface area (Å²) in [7, 11) is 2.01. The topological polar surface area (TPSA) is 57.6 Å². The van der Waals surface area contributed by atoms with Crippen LogP contribution in [0.3, 0.4) is 0 Å². The van der Waals surface area contributed by atoms with E-state index in [0.29, 0.717) is 31.5 Å². The molecule has 4 aliphatic carbocycles. The Morgan fingerprint density at radius 2 is 1.55 bits per heavy atom. The molecule has 0 spiro atoms. The van der Waals surface area contributed by atoms with Gasteiger partial charge < -0.3 is 19.7 Å². The fourth-order valence-electron chi connectivity index (χ4n) is 7.04. The first kappa shape index (κ1) is 24.2. The largest absolute Gasteiger partial charge is 0.353 e. The zero-order valence-corrected chi connectivity index (χ0v) is 21.3. The Labute approximate surface area is 200 Å². The predicted octanol–water partition coefficient (Wildman–Crippen LogP) is 4.65. The summed E-state index contributed by atoms with van der Waals surface area (Å²) in [6.45, 7) is 10.5. The van der Waals surface area contributed by atoms with Crippen molar-refractivity contribution < 1.29 is 9.59 Å². The number of carbonyl (C=O) groups is 2. The molecule has 184 valence electrons. The molecule has 3 amide bonds. The van der Waals surface area contributed by atoms with Crippen molar-refractivity contribution in [2.24, 2.45) is 36.6 Å². The molecule has 0 aliphatic heterocycles. The Morgan fingerprint density at radius 3 is 2.03 bits per heavy atom. The normalized spacial score (nSPS) is 27.9. The van der Waals surface area contributed by atoms with Gasteiger partial charge in [0.25, 0.3) is 0 Å². The molecule has 0 unspecified atom stereocenters. The molecule has 4 fully saturated rings. The van der Waals surface area contributed by atoms with Crippen LogP contribution in [0.2, 0.25) is 0 Å². The molecule has 1 N–H and O–H groups in total. The number of rotatable bonds is 9. The van der Waals surface area contributed by atoms with Crippen LogP contribution in [0.15, 0.2) is 18.3 Å². The maximum atomic E-state index is 13.6. The average Bonchev–Trinajstić information content (AvgIpc) is 3.09. The number of hydrogen-bond donors (Lipinski definition) is 1. The van der Waals surface area contributed by atoms with Gasteiger partial charge in [-0.15, -0.1) is 0 Å². The molecule has 6 nitrogen and oxygen atoms in total. The van der Waals surface area contributed by atoms with Gasteiger partial charge in [-0.1, -0.05) is 27.7 Å². The molecule has 5 rings (SSSR count). The molecular weight excluding hydrogens is 412 g/mol. The van der Waals surface area contributed by atoms with Crippen LogP contribution < -0.4 is 5.32 Å². The van der Waals surface area contributed by atoms with Gasteiger partial charge in [0, 0.05) is 37.6 Å². The maximum absolute atomic E-state index is 13.6. The molecule has 6 heteroatoms. The summed E-state index contributed by atoms with van der Waals surface area (Å²) in [4.78, 5) is 30.7. The van der Waals surface area contributed by atoms with Crippen LogP contribution in [-0.2, 0) is 18.4 Å². The second-order valence-corrected chi connectivity index (χ2v) is 12.2. The molecule has 0 aromatic carbocycles. The first-order valence-electron chi connectivity index (χ1n) is 13.1. The average molecular weight is 457 g/mol. The smallest absolute Gasteiger partial charge is 0.318 e. The summed E-state index contributed by atoms with van der Waals surface area (Å²) in [5, 5.41) is 3.48. The second-order valence-electron chi connectivity index (χ2n) is 12.2. The van der Waals surface area contributed by atoms with Gasteiger partial charge in [0.1, 0.15) is 6.54 Å². The van der Waals surface area contributed by atoms with Crippen LogP contribution >= 0.6 is 0 Å². The number of hydrogen-bond acceptors (Lipinski definition) is 2. The zero-order valence-electron chi connectivity index (χ0n) is 21.3. The number of aryl methyl sites for hydroxylation is 1. The Balaban J connectivity index is 1.45. The van der Waals surface area contributed by atoms with Gasteiger partial charge in [-0.3, -0.25) is 4.79 Å².